The minimum atomic E-state index is -0.137. The van der Waals surface area contributed by atoms with Gasteiger partial charge in [-0.15, -0.1) is 11.8 Å². The zero-order valence-corrected chi connectivity index (χ0v) is 9.52. The molecule has 0 bridgehead atoms. The van der Waals surface area contributed by atoms with Gasteiger partial charge in [-0.1, -0.05) is 6.07 Å². The van der Waals surface area contributed by atoms with Gasteiger partial charge in [-0.2, -0.15) is 0 Å². The van der Waals surface area contributed by atoms with Gasteiger partial charge in [-0.05, 0) is 55.8 Å². The highest BCUT2D eigenvalue weighted by Gasteiger charge is 2.13. The second-order valence-corrected chi connectivity index (χ2v) is 5.12. The van der Waals surface area contributed by atoms with Gasteiger partial charge in [0.15, 0.2) is 0 Å². The van der Waals surface area contributed by atoms with E-state index < -0.39 is 0 Å². The number of hydrogen-bond acceptors (Lipinski definition) is 2. The number of hydrogen-bond donors (Lipinski definition) is 1. The molecule has 1 aromatic rings. The van der Waals surface area contributed by atoms with Crippen molar-refractivity contribution in [1.82, 2.24) is 5.32 Å². The van der Waals surface area contributed by atoms with Crippen LogP contribution in [-0.2, 0) is 0 Å². The lowest BCUT2D eigenvalue weighted by atomic mass is 10.1. The predicted octanol–water partition coefficient (Wildman–Crippen LogP) is 2.92. The normalized spacial score (nSPS) is 20.7. The summed E-state index contributed by atoms with van der Waals surface area (Å²) < 4.78 is 12.9. The molecule has 0 aromatic heterocycles. The van der Waals surface area contributed by atoms with Crippen LogP contribution in [0, 0.1) is 11.7 Å². The highest BCUT2D eigenvalue weighted by atomic mass is 32.2. The second kappa shape index (κ2) is 5.52. The van der Waals surface area contributed by atoms with Gasteiger partial charge in [0.2, 0.25) is 0 Å². The number of benzene rings is 1. The quantitative estimate of drug-likeness (QED) is 0.791. The Morgan fingerprint density at radius 1 is 1.47 bits per heavy atom. The molecule has 15 heavy (non-hydrogen) atoms. The summed E-state index contributed by atoms with van der Waals surface area (Å²) >= 11 is 1.75. The standard InChI is InChI=1S/C12H16FNS/c13-11-2-1-3-12(8-11)15-7-5-10-4-6-14-9-10/h1-3,8,10,14H,4-7,9H2. The lowest BCUT2D eigenvalue weighted by molar-refractivity contribution is 0.568. The van der Waals surface area contributed by atoms with E-state index in [1.165, 1.54) is 18.9 Å². The fraction of sp³-hybridized carbons (Fsp3) is 0.500. The fourth-order valence-electron chi connectivity index (χ4n) is 1.86. The summed E-state index contributed by atoms with van der Waals surface area (Å²) in [4.78, 5) is 1.04. The van der Waals surface area contributed by atoms with Crippen molar-refractivity contribution in [2.75, 3.05) is 18.8 Å². The van der Waals surface area contributed by atoms with Gasteiger partial charge in [0.25, 0.3) is 0 Å². The molecule has 0 amide bonds. The molecule has 1 saturated heterocycles. The largest absolute Gasteiger partial charge is 0.316 e. The number of rotatable bonds is 4. The maximum absolute atomic E-state index is 12.9. The Labute approximate surface area is 94.5 Å². The Bertz CT molecular complexity index is 310. The molecule has 82 valence electrons. The molecule has 1 nitrogen and oxygen atoms in total. The van der Waals surface area contributed by atoms with Crippen molar-refractivity contribution in [2.45, 2.75) is 17.7 Å². The van der Waals surface area contributed by atoms with E-state index >= 15 is 0 Å². The molecule has 1 aliphatic heterocycles. The molecule has 0 spiro atoms. The lowest BCUT2D eigenvalue weighted by Gasteiger charge is -2.07. The first kappa shape index (κ1) is 11.0. The van der Waals surface area contributed by atoms with Crippen LogP contribution in [0.4, 0.5) is 4.39 Å². The summed E-state index contributed by atoms with van der Waals surface area (Å²) in [5, 5.41) is 3.36. The van der Waals surface area contributed by atoms with Crippen LogP contribution in [-0.4, -0.2) is 18.8 Å². The van der Waals surface area contributed by atoms with Crippen LogP contribution in [0.5, 0.6) is 0 Å². The van der Waals surface area contributed by atoms with Crippen molar-refractivity contribution in [3.8, 4) is 0 Å². The molecule has 0 saturated carbocycles. The van der Waals surface area contributed by atoms with E-state index in [1.54, 1.807) is 23.9 Å². The average Bonchev–Trinajstić information content (AvgIpc) is 2.71. The molecule has 1 aromatic carbocycles. The summed E-state index contributed by atoms with van der Waals surface area (Å²) in [6.45, 7) is 2.32. The molecule has 0 aliphatic carbocycles. The van der Waals surface area contributed by atoms with E-state index in [4.69, 9.17) is 0 Å². The maximum Gasteiger partial charge on any atom is 0.124 e. The Morgan fingerprint density at radius 2 is 2.40 bits per heavy atom. The number of nitrogens with one attached hydrogen (secondary N) is 1. The van der Waals surface area contributed by atoms with Crippen LogP contribution < -0.4 is 5.32 Å². The maximum atomic E-state index is 12.9. The van der Waals surface area contributed by atoms with Crippen molar-refractivity contribution in [3.63, 3.8) is 0 Å². The van der Waals surface area contributed by atoms with Gasteiger partial charge in [0, 0.05) is 4.90 Å². The number of halogens is 1. The average molecular weight is 225 g/mol. The van der Waals surface area contributed by atoms with Gasteiger partial charge >= 0.3 is 0 Å². The van der Waals surface area contributed by atoms with Gasteiger partial charge < -0.3 is 5.32 Å². The van der Waals surface area contributed by atoms with E-state index in [0.717, 1.165) is 29.7 Å². The molecule has 0 radical (unpaired) electrons. The van der Waals surface area contributed by atoms with E-state index in [2.05, 4.69) is 5.32 Å². The van der Waals surface area contributed by atoms with Crippen LogP contribution in [0.25, 0.3) is 0 Å². The predicted molar refractivity (Wildman–Crippen MR) is 62.7 cm³/mol. The molecule has 1 atom stereocenters. The SMILES string of the molecule is Fc1cccc(SCCC2CCNC2)c1. The first-order valence-corrected chi connectivity index (χ1v) is 6.42. The minimum Gasteiger partial charge on any atom is -0.316 e. The fourth-order valence-corrected chi connectivity index (χ4v) is 2.92. The topological polar surface area (TPSA) is 12.0 Å². The monoisotopic (exact) mass is 225 g/mol. The highest BCUT2D eigenvalue weighted by molar-refractivity contribution is 7.99. The van der Waals surface area contributed by atoms with E-state index in [9.17, 15) is 4.39 Å². The highest BCUT2D eigenvalue weighted by Crippen LogP contribution is 2.22. The van der Waals surface area contributed by atoms with Crippen molar-refractivity contribution >= 4 is 11.8 Å². The molecule has 1 N–H and O–H groups in total. The third-order valence-electron chi connectivity index (χ3n) is 2.75. The molecule has 1 heterocycles. The molecular formula is C12H16FNS. The molecule has 2 rings (SSSR count). The van der Waals surface area contributed by atoms with Gasteiger partial charge in [0.05, 0.1) is 0 Å². The number of thioether (sulfide) groups is 1. The Kier molecular flexibility index (Phi) is 4.03. The first-order chi connectivity index (χ1) is 7.34. The molecule has 3 heteroatoms. The summed E-state index contributed by atoms with van der Waals surface area (Å²) in [7, 11) is 0. The van der Waals surface area contributed by atoms with Crippen molar-refractivity contribution in [3.05, 3.63) is 30.1 Å². The van der Waals surface area contributed by atoms with E-state index in [1.807, 2.05) is 6.07 Å². The summed E-state index contributed by atoms with van der Waals surface area (Å²) in [5.41, 5.74) is 0. The third kappa shape index (κ3) is 3.50. The summed E-state index contributed by atoms with van der Waals surface area (Å²) in [6, 6.07) is 6.85. The minimum absolute atomic E-state index is 0.137. The van der Waals surface area contributed by atoms with Crippen molar-refractivity contribution in [2.24, 2.45) is 5.92 Å². The van der Waals surface area contributed by atoms with E-state index in [-0.39, 0.29) is 5.82 Å². The smallest absolute Gasteiger partial charge is 0.124 e. The van der Waals surface area contributed by atoms with Gasteiger partial charge in [-0.3, -0.25) is 0 Å². The van der Waals surface area contributed by atoms with Gasteiger partial charge in [-0.25, -0.2) is 4.39 Å². The second-order valence-electron chi connectivity index (χ2n) is 3.95. The van der Waals surface area contributed by atoms with Crippen LogP contribution in [0.1, 0.15) is 12.8 Å². The summed E-state index contributed by atoms with van der Waals surface area (Å²) in [5.74, 6) is 1.78. The van der Waals surface area contributed by atoms with Gasteiger partial charge in [0.1, 0.15) is 5.82 Å². The van der Waals surface area contributed by atoms with E-state index in [0.29, 0.717) is 0 Å². The third-order valence-corrected chi connectivity index (χ3v) is 3.78. The molecule has 1 fully saturated rings. The van der Waals surface area contributed by atoms with Crippen molar-refractivity contribution < 1.29 is 4.39 Å². The molecular weight excluding hydrogens is 209 g/mol. The van der Waals surface area contributed by atoms with Crippen LogP contribution in [0.15, 0.2) is 29.2 Å². The lowest BCUT2D eigenvalue weighted by Crippen LogP contribution is -2.09. The zero-order valence-electron chi connectivity index (χ0n) is 8.71. The molecule has 1 unspecified atom stereocenters. The molecule has 1 aliphatic rings. The Balaban J connectivity index is 1.73. The Morgan fingerprint density at radius 3 is 3.13 bits per heavy atom. The van der Waals surface area contributed by atoms with Crippen molar-refractivity contribution in [1.29, 1.82) is 0 Å². The van der Waals surface area contributed by atoms with Crippen LogP contribution in [0.2, 0.25) is 0 Å². The zero-order chi connectivity index (χ0) is 10.5. The first-order valence-electron chi connectivity index (χ1n) is 5.44. The van der Waals surface area contributed by atoms with Crippen LogP contribution in [0.3, 0.4) is 0 Å². The van der Waals surface area contributed by atoms with Crippen LogP contribution >= 0.6 is 11.8 Å². The Hall–Kier alpha value is -0.540. The summed E-state index contributed by atoms with van der Waals surface area (Å²) in [6.07, 6.45) is 2.53.